The van der Waals surface area contributed by atoms with Crippen LogP contribution in [0, 0.1) is 5.92 Å². The number of hydrogen-bond acceptors (Lipinski definition) is 3. The van der Waals surface area contributed by atoms with Crippen molar-refractivity contribution in [2.24, 2.45) is 5.92 Å². The third-order valence-electron chi connectivity index (χ3n) is 4.12. The molecule has 1 aromatic rings. The third kappa shape index (κ3) is 4.38. The topological polar surface area (TPSA) is 57.7 Å². The molecule has 2 rings (SSSR count). The standard InChI is InChI=1S/C16H23ClN2O3S/c1-12-5-4-10-18(11-12)16(20)13(2)19(23(3,21)22)15-8-6-14(17)7-9-15/h6-9,12-13H,4-5,10-11H2,1-3H3/t12-,13-/m0/s1. The first-order chi connectivity index (χ1) is 10.7. The molecular weight excluding hydrogens is 336 g/mol. The largest absolute Gasteiger partial charge is 0.341 e. The van der Waals surface area contributed by atoms with Crippen molar-refractivity contribution in [2.45, 2.75) is 32.7 Å². The van der Waals surface area contributed by atoms with Gasteiger partial charge in [-0.15, -0.1) is 0 Å². The average Bonchev–Trinajstić information content (AvgIpc) is 2.47. The van der Waals surface area contributed by atoms with Crippen LogP contribution in [0.1, 0.15) is 26.7 Å². The van der Waals surface area contributed by atoms with E-state index in [1.54, 1.807) is 36.1 Å². The quantitative estimate of drug-likeness (QED) is 0.831. The van der Waals surface area contributed by atoms with Crippen LogP contribution in [0.15, 0.2) is 24.3 Å². The lowest BCUT2D eigenvalue weighted by Gasteiger charge is -2.36. The van der Waals surface area contributed by atoms with Crippen LogP contribution in [-0.4, -0.2) is 44.6 Å². The van der Waals surface area contributed by atoms with Crippen molar-refractivity contribution in [2.75, 3.05) is 23.7 Å². The minimum Gasteiger partial charge on any atom is -0.341 e. The number of anilines is 1. The van der Waals surface area contributed by atoms with Gasteiger partial charge in [-0.25, -0.2) is 8.42 Å². The number of halogens is 1. The Bertz CT molecular complexity index is 660. The Kier molecular flexibility index (Phi) is 5.57. The van der Waals surface area contributed by atoms with Crippen molar-refractivity contribution < 1.29 is 13.2 Å². The highest BCUT2D eigenvalue weighted by atomic mass is 35.5. The number of rotatable bonds is 4. The lowest BCUT2D eigenvalue weighted by atomic mass is 10.00. The Labute approximate surface area is 143 Å². The molecule has 0 saturated carbocycles. The smallest absolute Gasteiger partial charge is 0.246 e. The van der Waals surface area contributed by atoms with Gasteiger partial charge in [0.05, 0.1) is 11.9 Å². The third-order valence-corrected chi connectivity index (χ3v) is 5.61. The van der Waals surface area contributed by atoms with E-state index in [2.05, 4.69) is 6.92 Å². The maximum atomic E-state index is 12.8. The number of nitrogens with zero attached hydrogens (tertiary/aromatic N) is 2. The highest BCUT2D eigenvalue weighted by molar-refractivity contribution is 7.92. The van der Waals surface area contributed by atoms with E-state index in [-0.39, 0.29) is 5.91 Å². The van der Waals surface area contributed by atoms with Crippen LogP contribution in [0.25, 0.3) is 0 Å². The predicted molar refractivity (Wildman–Crippen MR) is 93.2 cm³/mol. The first-order valence-corrected chi connectivity index (χ1v) is 9.96. The molecule has 1 fully saturated rings. The van der Waals surface area contributed by atoms with Gasteiger partial charge in [-0.1, -0.05) is 18.5 Å². The zero-order valence-corrected chi connectivity index (χ0v) is 15.3. The normalized spacial score (nSPS) is 20.2. The fourth-order valence-corrected chi connectivity index (χ4v) is 4.34. The maximum absolute atomic E-state index is 12.8. The first-order valence-electron chi connectivity index (χ1n) is 7.74. The molecule has 0 radical (unpaired) electrons. The van der Waals surface area contributed by atoms with Crippen molar-refractivity contribution in [3.63, 3.8) is 0 Å². The number of piperidine rings is 1. The molecule has 1 aliphatic rings. The van der Waals surface area contributed by atoms with Crippen LogP contribution < -0.4 is 4.31 Å². The van der Waals surface area contributed by atoms with Gasteiger partial charge in [0, 0.05) is 18.1 Å². The van der Waals surface area contributed by atoms with Gasteiger partial charge in [0.1, 0.15) is 6.04 Å². The fraction of sp³-hybridized carbons (Fsp3) is 0.562. The Hall–Kier alpha value is -1.27. The molecule has 1 amide bonds. The Balaban J connectivity index is 2.28. The lowest BCUT2D eigenvalue weighted by molar-refractivity contribution is -0.133. The van der Waals surface area contributed by atoms with Gasteiger partial charge in [0.2, 0.25) is 15.9 Å². The first kappa shape index (κ1) is 18.1. The summed E-state index contributed by atoms with van der Waals surface area (Å²) in [4.78, 5) is 14.5. The molecule has 0 aromatic heterocycles. The van der Waals surface area contributed by atoms with Crippen molar-refractivity contribution in [3.05, 3.63) is 29.3 Å². The van der Waals surface area contributed by atoms with E-state index < -0.39 is 16.1 Å². The van der Waals surface area contributed by atoms with Gasteiger partial charge in [-0.2, -0.15) is 0 Å². The minimum absolute atomic E-state index is 0.156. The Morgan fingerprint density at radius 2 is 1.96 bits per heavy atom. The van der Waals surface area contributed by atoms with Crippen molar-refractivity contribution in [1.29, 1.82) is 0 Å². The molecule has 0 bridgehead atoms. The van der Waals surface area contributed by atoms with Gasteiger partial charge >= 0.3 is 0 Å². The van der Waals surface area contributed by atoms with Gasteiger partial charge in [0.25, 0.3) is 0 Å². The second kappa shape index (κ2) is 7.09. The van der Waals surface area contributed by atoms with Gasteiger partial charge < -0.3 is 4.90 Å². The molecule has 1 aliphatic heterocycles. The summed E-state index contributed by atoms with van der Waals surface area (Å²) in [7, 11) is -3.58. The Morgan fingerprint density at radius 3 is 2.48 bits per heavy atom. The highest BCUT2D eigenvalue weighted by Gasteiger charge is 2.33. The predicted octanol–water partition coefficient (Wildman–Crippen LogP) is 2.75. The van der Waals surface area contributed by atoms with E-state index >= 15 is 0 Å². The molecule has 0 spiro atoms. The number of carbonyl (C=O) groups excluding carboxylic acids is 1. The summed E-state index contributed by atoms with van der Waals surface area (Å²) in [5.74, 6) is 0.291. The number of hydrogen-bond donors (Lipinski definition) is 0. The fourth-order valence-electron chi connectivity index (χ4n) is 3.04. The van der Waals surface area contributed by atoms with Gasteiger partial charge in [0.15, 0.2) is 0 Å². The van der Waals surface area contributed by atoms with Crippen molar-refractivity contribution in [3.8, 4) is 0 Å². The van der Waals surface area contributed by atoms with Crippen LogP contribution >= 0.6 is 11.6 Å². The minimum atomic E-state index is -3.58. The van der Waals surface area contributed by atoms with Gasteiger partial charge in [-0.3, -0.25) is 9.10 Å². The molecule has 5 nitrogen and oxygen atoms in total. The van der Waals surface area contributed by atoms with Crippen LogP contribution in [0.4, 0.5) is 5.69 Å². The average molecular weight is 359 g/mol. The molecule has 1 heterocycles. The van der Waals surface area contributed by atoms with E-state index in [4.69, 9.17) is 11.6 Å². The van der Waals surface area contributed by atoms with E-state index in [9.17, 15) is 13.2 Å². The summed E-state index contributed by atoms with van der Waals surface area (Å²) < 4.78 is 25.6. The van der Waals surface area contributed by atoms with E-state index in [1.807, 2.05) is 0 Å². The molecule has 0 N–H and O–H groups in total. The summed E-state index contributed by atoms with van der Waals surface area (Å²) in [6, 6.07) is 5.69. The van der Waals surface area contributed by atoms with E-state index in [1.165, 1.54) is 4.31 Å². The maximum Gasteiger partial charge on any atom is 0.246 e. The monoisotopic (exact) mass is 358 g/mol. The zero-order chi connectivity index (χ0) is 17.2. The van der Waals surface area contributed by atoms with Crippen molar-refractivity contribution in [1.82, 2.24) is 4.90 Å². The second-order valence-corrected chi connectivity index (χ2v) is 8.54. The number of amides is 1. The SMILES string of the molecule is C[C@H]1CCCN(C(=O)[C@H](C)N(c2ccc(Cl)cc2)S(C)(=O)=O)C1. The molecule has 1 aromatic carbocycles. The summed E-state index contributed by atoms with van der Waals surface area (Å²) in [5, 5.41) is 0.519. The van der Waals surface area contributed by atoms with Crippen LogP contribution in [0.5, 0.6) is 0 Å². The molecule has 7 heteroatoms. The summed E-state index contributed by atoms with van der Waals surface area (Å²) in [6.45, 7) is 5.11. The zero-order valence-electron chi connectivity index (χ0n) is 13.7. The summed E-state index contributed by atoms with van der Waals surface area (Å²) in [5.41, 5.74) is 0.447. The number of benzene rings is 1. The number of carbonyl (C=O) groups is 1. The molecule has 128 valence electrons. The molecule has 2 atom stereocenters. The highest BCUT2D eigenvalue weighted by Crippen LogP contribution is 2.25. The van der Waals surface area contributed by atoms with E-state index in [0.717, 1.165) is 19.1 Å². The van der Waals surface area contributed by atoms with Crippen LogP contribution in [0.3, 0.4) is 0 Å². The number of sulfonamides is 1. The molecule has 0 unspecified atom stereocenters. The molecular formula is C16H23ClN2O3S. The van der Waals surface area contributed by atoms with Crippen LogP contribution in [-0.2, 0) is 14.8 Å². The van der Waals surface area contributed by atoms with Gasteiger partial charge in [-0.05, 0) is 49.9 Å². The number of likely N-dealkylation sites (tertiary alicyclic amines) is 1. The second-order valence-electron chi connectivity index (χ2n) is 6.24. The molecule has 0 aliphatic carbocycles. The van der Waals surface area contributed by atoms with Crippen LogP contribution in [0.2, 0.25) is 5.02 Å². The summed E-state index contributed by atoms with van der Waals surface area (Å²) in [6.07, 6.45) is 3.18. The van der Waals surface area contributed by atoms with E-state index in [0.29, 0.717) is 29.7 Å². The summed E-state index contributed by atoms with van der Waals surface area (Å²) >= 11 is 5.87. The lowest BCUT2D eigenvalue weighted by Crippen LogP contribution is -2.51. The molecule has 23 heavy (non-hydrogen) atoms. The molecule has 1 saturated heterocycles. The van der Waals surface area contributed by atoms with Crippen molar-refractivity contribution >= 4 is 33.2 Å². The Morgan fingerprint density at radius 1 is 1.35 bits per heavy atom.